The molecular weight excluding hydrogens is 235 g/mol. The van der Waals surface area contributed by atoms with Gasteiger partial charge >= 0.3 is 0 Å². The standard InChI is InChI=1S/C12H13FN4O/c1-14-11-6-12(16-7-15-11)17-9-5-8(13)3-4-10(9)18-2/h3-7H,1-2H3,(H2,14,15,16,17). The predicted molar refractivity (Wildman–Crippen MR) is 67.8 cm³/mol. The molecule has 0 aliphatic carbocycles. The van der Waals surface area contributed by atoms with Gasteiger partial charge < -0.3 is 15.4 Å². The maximum Gasteiger partial charge on any atom is 0.142 e. The molecule has 0 bridgehead atoms. The van der Waals surface area contributed by atoms with E-state index in [1.165, 1.54) is 25.6 Å². The van der Waals surface area contributed by atoms with E-state index in [1.807, 2.05) is 0 Å². The molecule has 2 rings (SSSR count). The highest BCUT2D eigenvalue weighted by Gasteiger charge is 2.06. The van der Waals surface area contributed by atoms with Gasteiger partial charge in [0.1, 0.15) is 29.5 Å². The monoisotopic (exact) mass is 248 g/mol. The molecule has 0 unspecified atom stereocenters. The number of nitrogens with zero attached hydrogens (tertiary/aromatic N) is 2. The minimum Gasteiger partial charge on any atom is -0.495 e. The first-order chi connectivity index (χ1) is 8.72. The molecule has 0 spiro atoms. The lowest BCUT2D eigenvalue weighted by molar-refractivity contribution is 0.416. The number of anilines is 3. The van der Waals surface area contributed by atoms with Crippen LogP contribution in [0.5, 0.6) is 5.75 Å². The smallest absolute Gasteiger partial charge is 0.142 e. The first kappa shape index (κ1) is 12.1. The molecule has 0 aliphatic rings. The fraction of sp³-hybridized carbons (Fsp3) is 0.167. The fourth-order valence-corrected chi connectivity index (χ4v) is 1.48. The van der Waals surface area contributed by atoms with Gasteiger partial charge in [-0.1, -0.05) is 0 Å². The van der Waals surface area contributed by atoms with E-state index in [-0.39, 0.29) is 5.82 Å². The van der Waals surface area contributed by atoms with Gasteiger partial charge in [-0.3, -0.25) is 0 Å². The molecule has 0 radical (unpaired) electrons. The van der Waals surface area contributed by atoms with Crippen molar-refractivity contribution in [2.75, 3.05) is 24.8 Å². The van der Waals surface area contributed by atoms with Gasteiger partial charge in [0.25, 0.3) is 0 Å². The van der Waals surface area contributed by atoms with Crippen LogP contribution in [0.2, 0.25) is 0 Å². The SMILES string of the molecule is CNc1cc(Nc2cc(F)ccc2OC)ncn1. The number of halogens is 1. The van der Waals surface area contributed by atoms with Crippen LogP contribution in [0.25, 0.3) is 0 Å². The lowest BCUT2D eigenvalue weighted by atomic mass is 10.3. The first-order valence-electron chi connectivity index (χ1n) is 5.33. The van der Waals surface area contributed by atoms with Crippen LogP contribution >= 0.6 is 0 Å². The normalized spacial score (nSPS) is 9.94. The third-order valence-electron chi connectivity index (χ3n) is 2.35. The number of ether oxygens (including phenoxy) is 1. The molecule has 0 fully saturated rings. The zero-order valence-electron chi connectivity index (χ0n) is 10.1. The lowest BCUT2D eigenvalue weighted by Gasteiger charge is -2.10. The topological polar surface area (TPSA) is 59.1 Å². The fourth-order valence-electron chi connectivity index (χ4n) is 1.48. The van der Waals surface area contributed by atoms with Crippen LogP contribution in [0.1, 0.15) is 0 Å². The van der Waals surface area contributed by atoms with Crippen molar-refractivity contribution < 1.29 is 9.13 Å². The lowest BCUT2D eigenvalue weighted by Crippen LogP contribution is -2.00. The Labute approximate surface area is 104 Å². The van der Waals surface area contributed by atoms with E-state index in [0.717, 1.165) is 0 Å². The molecule has 1 aromatic heterocycles. The summed E-state index contributed by atoms with van der Waals surface area (Å²) in [5.41, 5.74) is 0.512. The molecule has 0 amide bonds. The summed E-state index contributed by atoms with van der Waals surface area (Å²) in [4.78, 5) is 8.04. The molecular formula is C12H13FN4O. The summed E-state index contributed by atoms with van der Waals surface area (Å²) in [5.74, 6) is 1.42. The molecule has 0 atom stereocenters. The van der Waals surface area contributed by atoms with Crippen molar-refractivity contribution >= 4 is 17.3 Å². The van der Waals surface area contributed by atoms with Gasteiger partial charge in [-0.2, -0.15) is 0 Å². The third-order valence-corrected chi connectivity index (χ3v) is 2.35. The number of aromatic nitrogens is 2. The van der Waals surface area contributed by atoms with E-state index >= 15 is 0 Å². The van der Waals surface area contributed by atoms with Gasteiger partial charge in [0.15, 0.2) is 0 Å². The number of hydrogen-bond acceptors (Lipinski definition) is 5. The van der Waals surface area contributed by atoms with E-state index in [0.29, 0.717) is 23.1 Å². The second-order valence-corrected chi connectivity index (χ2v) is 3.51. The maximum atomic E-state index is 13.2. The van der Waals surface area contributed by atoms with Crippen LogP contribution < -0.4 is 15.4 Å². The maximum absolute atomic E-state index is 13.2. The van der Waals surface area contributed by atoms with Crippen molar-refractivity contribution in [2.24, 2.45) is 0 Å². The van der Waals surface area contributed by atoms with Crippen molar-refractivity contribution in [3.8, 4) is 5.75 Å². The minimum atomic E-state index is -0.346. The Morgan fingerprint density at radius 3 is 2.67 bits per heavy atom. The average Bonchev–Trinajstić information content (AvgIpc) is 2.39. The van der Waals surface area contributed by atoms with Gasteiger partial charge in [0.2, 0.25) is 0 Å². The Hall–Kier alpha value is -2.37. The molecule has 5 nitrogen and oxygen atoms in total. The van der Waals surface area contributed by atoms with Crippen molar-refractivity contribution in [1.29, 1.82) is 0 Å². The molecule has 0 saturated carbocycles. The van der Waals surface area contributed by atoms with Gasteiger partial charge in [0, 0.05) is 19.2 Å². The van der Waals surface area contributed by atoms with Gasteiger partial charge in [0.05, 0.1) is 12.8 Å². The second kappa shape index (κ2) is 5.31. The Bertz CT molecular complexity index is 547. The van der Waals surface area contributed by atoms with Crippen LogP contribution in [0.4, 0.5) is 21.7 Å². The molecule has 2 N–H and O–H groups in total. The summed E-state index contributed by atoms with van der Waals surface area (Å²) < 4.78 is 18.3. The quantitative estimate of drug-likeness (QED) is 0.870. The van der Waals surface area contributed by atoms with E-state index in [4.69, 9.17) is 4.74 Å². The molecule has 6 heteroatoms. The van der Waals surface area contributed by atoms with Gasteiger partial charge in [-0.05, 0) is 12.1 Å². The first-order valence-corrected chi connectivity index (χ1v) is 5.33. The van der Waals surface area contributed by atoms with Crippen molar-refractivity contribution in [1.82, 2.24) is 9.97 Å². The zero-order valence-corrected chi connectivity index (χ0v) is 10.1. The number of rotatable bonds is 4. The molecule has 0 saturated heterocycles. The Kier molecular flexibility index (Phi) is 3.57. The van der Waals surface area contributed by atoms with Gasteiger partial charge in [-0.25, -0.2) is 14.4 Å². The Morgan fingerprint density at radius 1 is 1.17 bits per heavy atom. The van der Waals surface area contributed by atoms with Crippen LogP contribution in [0, 0.1) is 5.82 Å². The largest absolute Gasteiger partial charge is 0.495 e. The van der Waals surface area contributed by atoms with E-state index in [9.17, 15) is 4.39 Å². The molecule has 2 aromatic rings. The van der Waals surface area contributed by atoms with Crippen molar-refractivity contribution in [2.45, 2.75) is 0 Å². The molecule has 94 valence electrons. The highest BCUT2D eigenvalue weighted by atomic mass is 19.1. The summed E-state index contributed by atoms with van der Waals surface area (Å²) in [6.45, 7) is 0. The summed E-state index contributed by atoms with van der Waals surface area (Å²) in [7, 11) is 3.28. The highest BCUT2D eigenvalue weighted by Crippen LogP contribution is 2.27. The summed E-state index contributed by atoms with van der Waals surface area (Å²) in [6.07, 6.45) is 1.42. The Balaban J connectivity index is 2.29. The number of benzene rings is 1. The second-order valence-electron chi connectivity index (χ2n) is 3.51. The Morgan fingerprint density at radius 2 is 1.94 bits per heavy atom. The van der Waals surface area contributed by atoms with E-state index < -0.39 is 0 Å². The highest BCUT2D eigenvalue weighted by molar-refractivity contribution is 5.65. The molecule has 1 aromatic carbocycles. The van der Waals surface area contributed by atoms with E-state index in [2.05, 4.69) is 20.6 Å². The van der Waals surface area contributed by atoms with Crippen molar-refractivity contribution in [3.63, 3.8) is 0 Å². The summed E-state index contributed by atoms with van der Waals surface area (Å²) in [6, 6.07) is 5.95. The van der Waals surface area contributed by atoms with Crippen LogP contribution in [-0.2, 0) is 0 Å². The molecule has 0 aliphatic heterocycles. The van der Waals surface area contributed by atoms with Crippen LogP contribution in [-0.4, -0.2) is 24.1 Å². The molecule has 1 heterocycles. The summed E-state index contributed by atoms with van der Waals surface area (Å²) in [5, 5.41) is 5.88. The average molecular weight is 248 g/mol. The molecule has 18 heavy (non-hydrogen) atoms. The third kappa shape index (κ3) is 2.65. The minimum absolute atomic E-state index is 0.346. The van der Waals surface area contributed by atoms with Crippen molar-refractivity contribution in [3.05, 3.63) is 36.4 Å². The van der Waals surface area contributed by atoms with Crippen LogP contribution in [0.15, 0.2) is 30.6 Å². The van der Waals surface area contributed by atoms with E-state index in [1.54, 1.807) is 19.2 Å². The van der Waals surface area contributed by atoms with Crippen LogP contribution in [0.3, 0.4) is 0 Å². The number of methoxy groups -OCH3 is 1. The summed E-state index contributed by atoms with van der Waals surface area (Å²) >= 11 is 0. The number of hydrogen-bond donors (Lipinski definition) is 2. The predicted octanol–water partition coefficient (Wildman–Crippen LogP) is 2.41. The van der Waals surface area contributed by atoms with Gasteiger partial charge in [-0.15, -0.1) is 0 Å². The number of nitrogens with one attached hydrogen (secondary N) is 2. The zero-order chi connectivity index (χ0) is 13.0.